The van der Waals surface area contributed by atoms with E-state index >= 15 is 0 Å². The second-order valence-electron chi connectivity index (χ2n) is 6.10. The molecule has 0 saturated carbocycles. The van der Waals surface area contributed by atoms with Crippen LogP contribution in [-0.2, 0) is 0 Å². The zero-order valence-electron chi connectivity index (χ0n) is 12.6. The quantitative estimate of drug-likeness (QED) is 0.843. The number of halogens is 1. The van der Waals surface area contributed by atoms with E-state index < -0.39 is 6.10 Å². The second-order valence-corrected chi connectivity index (χ2v) is 6.10. The Morgan fingerprint density at radius 2 is 2.29 bits per heavy atom. The average molecular weight is 296 g/mol. The van der Waals surface area contributed by atoms with Crippen molar-refractivity contribution in [3.8, 4) is 0 Å². The van der Waals surface area contributed by atoms with Gasteiger partial charge in [-0.2, -0.15) is 0 Å². The lowest BCUT2D eigenvalue weighted by atomic mass is 9.93. The van der Waals surface area contributed by atoms with Gasteiger partial charge in [-0.1, -0.05) is 6.92 Å². The van der Waals surface area contributed by atoms with Gasteiger partial charge in [0.2, 0.25) is 0 Å². The number of pyridine rings is 1. The fourth-order valence-corrected chi connectivity index (χ4v) is 3.10. The van der Waals surface area contributed by atoms with E-state index in [1.165, 1.54) is 12.5 Å². The minimum atomic E-state index is -0.677. The lowest BCUT2D eigenvalue weighted by molar-refractivity contribution is 0.0656. The molecule has 1 fully saturated rings. The number of hydrogen-bond acceptors (Lipinski definition) is 4. The van der Waals surface area contributed by atoms with Crippen molar-refractivity contribution in [2.75, 3.05) is 26.2 Å². The van der Waals surface area contributed by atoms with Gasteiger partial charge >= 0.3 is 0 Å². The first-order valence-electron chi connectivity index (χ1n) is 7.73. The summed E-state index contributed by atoms with van der Waals surface area (Å²) < 4.78 is 12.9. The Kier molecular flexibility index (Phi) is 6.08. The van der Waals surface area contributed by atoms with Crippen LogP contribution in [-0.4, -0.2) is 46.3 Å². The third-order valence-corrected chi connectivity index (χ3v) is 4.28. The Morgan fingerprint density at radius 3 is 2.95 bits per heavy atom. The first kappa shape index (κ1) is 16.3. The van der Waals surface area contributed by atoms with Gasteiger partial charge in [0.05, 0.1) is 18.0 Å². The predicted octanol–water partition coefficient (Wildman–Crippen LogP) is 1.98. The molecule has 0 bridgehead atoms. The summed E-state index contributed by atoms with van der Waals surface area (Å²) in [5, 5.41) is 19.4. The zero-order chi connectivity index (χ0) is 15.2. The molecule has 1 aromatic rings. The first-order valence-corrected chi connectivity index (χ1v) is 7.73. The van der Waals surface area contributed by atoms with Crippen molar-refractivity contribution in [3.05, 3.63) is 29.8 Å². The van der Waals surface area contributed by atoms with Crippen LogP contribution in [0.2, 0.25) is 0 Å². The first-order chi connectivity index (χ1) is 10.1. The molecule has 2 N–H and O–H groups in total. The molecule has 0 amide bonds. The number of nitrogens with zero attached hydrogens (tertiary/aromatic N) is 2. The van der Waals surface area contributed by atoms with Crippen LogP contribution in [0.3, 0.4) is 0 Å². The van der Waals surface area contributed by atoms with E-state index in [4.69, 9.17) is 5.11 Å². The number of rotatable bonds is 6. The van der Waals surface area contributed by atoms with Crippen molar-refractivity contribution in [2.45, 2.75) is 32.3 Å². The van der Waals surface area contributed by atoms with Crippen molar-refractivity contribution in [3.63, 3.8) is 0 Å². The van der Waals surface area contributed by atoms with Crippen LogP contribution in [0, 0.1) is 17.7 Å². The monoisotopic (exact) mass is 296 g/mol. The number of likely N-dealkylation sites (tertiary alicyclic amines) is 1. The van der Waals surface area contributed by atoms with Crippen LogP contribution >= 0.6 is 0 Å². The van der Waals surface area contributed by atoms with E-state index in [9.17, 15) is 9.50 Å². The highest BCUT2D eigenvalue weighted by Crippen LogP contribution is 2.24. The molecule has 4 nitrogen and oxygen atoms in total. The third kappa shape index (κ3) is 4.73. The van der Waals surface area contributed by atoms with Crippen LogP contribution in [0.15, 0.2) is 18.3 Å². The van der Waals surface area contributed by atoms with Gasteiger partial charge in [0, 0.05) is 25.6 Å². The van der Waals surface area contributed by atoms with Crippen LogP contribution in [0.1, 0.15) is 38.0 Å². The topological polar surface area (TPSA) is 56.6 Å². The molecule has 3 unspecified atom stereocenters. The number of hydrogen-bond donors (Lipinski definition) is 2. The lowest BCUT2D eigenvalue weighted by Crippen LogP contribution is -2.39. The molecule has 3 atom stereocenters. The molecule has 2 heterocycles. The van der Waals surface area contributed by atoms with Crippen molar-refractivity contribution in [1.29, 1.82) is 0 Å². The Hall–Kier alpha value is -1.04. The standard InChI is InChI=1S/C16H25FN2O2/c1-12(16(21)15-5-4-14(17)9-18-15)10-19-7-2-3-13(11-19)6-8-20/h4-5,9,12-13,16,20-21H,2-3,6-8,10-11H2,1H3. The Morgan fingerprint density at radius 1 is 1.48 bits per heavy atom. The van der Waals surface area contributed by atoms with Gasteiger partial charge < -0.3 is 15.1 Å². The van der Waals surface area contributed by atoms with Crippen molar-refractivity contribution >= 4 is 0 Å². The highest BCUT2D eigenvalue weighted by Gasteiger charge is 2.24. The molecule has 5 heteroatoms. The maximum atomic E-state index is 12.9. The van der Waals surface area contributed by atoms with Crippen LogP contribution in [0.4, 0.5) is 4.39 Å². The highest BCUT2D eigenvalue weighted by molar-refractivity contribution is 5.08. The molecule has 1 aromatic heterocycles. The minimum Gasteiger partial charge on any atom is -0.396 e. The summed E-state index contributed by atoms with van der Waals surface area (Å²) in [6.07, 6.45) is 3.63. The van der Waals surface area contributed by atoms with Crippen LogP contribution in [0.25, 0.3) is 0 Å². The Labute approximate surface area is 125 Å². The van der Waals surface area contributed by atoms with Gasteiger partial charge in [0.1, 0.15) is 5.82 Å². The van der Waals surface area contributed by atoms with E-state index in [1.54, 1.807) is 6.07 Å². The predicted molar refractivity (Wildman–Crippen MR) is 79.2 cm³/mol. The number of aromatic nitrogens is 1. The lowest BCUT2D eigenvalue weighted by Gasteiger charge is -2.35. The van der Waals surface area contributed by atoms with Gasteiger partial charge in [-0.25, -0.2) is 4.39 Å². The van der Waals surface area contributed by atoms with Gasteiger partial charge in [-0.15, -0.1) is 0 Å². The molecule has 21 heavy (non-hydrogen) atoms. The van der Waals surface area contributed by atoms with Gasteiger partial charge in [0.25, 0.3) is 0 Å². The summed E-state index contributed by atoms with van der Waals surface area (Å²) in [5.41, 5.74) is 0.521. The highest BCUT2D eigenvalue weighted by atomic mass is 19.1. The maximum absolute atomic E-state index is 12.9. The van der Waals surface area contributed by atoms with Gasteiger partial charge in [-0.3, -0.25) is 4.98 Å². The van der Waals surface area contributed by atoms with E-state index in [0.29, 0.717) is 11.6 Å². The summed E-state index contributed by atoms with van der Waals surface area (Å²) in [6, 6.07) is 2.87. The summed E-state index contributed by atoms with van der Waals surface area (Å²) in [6.45, 7) is 5.05. The Bertz CT molecular complexity index is 425. The number of piperidine rings is 1. The third-order valence-electron chi connectivity index (χ3n) is 4.28. The van der Waals surface area contributed by atoms with Crippen molar-refractivity contribution in [1.82, 2.24) is 9.88 Å². The summed E-state index contributed by atoms with van der Waals surface area (Å²) >= 11 is 0. The molecule has 2 rings (SSSR count). The van der Waals surface area contributed by atoms with Crippen LogP contribution < -0.4 is 0 Å². The normalized spacial score (nSPS) is 23.0. The number of aliphatic hydroxyl groups excluding tert-OH is 2. The second kappa shape index (κ2) is 7.82. The fraction of sp³-hybridized carbons (Fsp3) is 0.688. The van der Waals surface area contributed by atoms with E-state index in [-0.39, 0.29) is 18.3 Å². The largest absolute Gasteiger partial charge is 0.396 e. The minimum absolute atomic E-state index is 0.0378. The molecule has 1 aliphatic rings. The molecule has 0 aromatic carbocycles. The van der Waals surface area contributed by atoms with E-state index in [2.05, 4.69) is 9.88 Å². The average Bonchev–Trinajstić information content (AvgIpc) is 2.48. The molecule has 1 saturated heterocycles. The summed E-state index contributed by atoms with van der Waals surface area (Å²) in [4.78, 5) is 6.31. The SMILES string of the molecule is CC(CN1CCCC(CCO)C1)C(O)c1ccc(F)cn1. The molecule has 0 aliphatic carbocycles. The van der Waals surface area contributed by atoms with Crippen molar-refractivity contribution in [2.24, 2.45) is 11.8 Å². The fourth-order valence-electron chi connectivity index (χ4n) is 3.10. The van der Waals surface area contributed by atoms with Gasteiger partial charge in [0.15, 0.2) is 0 Å². The summed E-state index contributed by atoms with van der Waals surface area (Å²) in [5.74, 6) is 0.203. The molecular formula is C16H25FN2O2. The van der Waals surface area contributed by atoms with E-state index in [0.717, 1.165) is 38.7 Å². The summed E-state index contributed by atoms with van der Waals surface area (Å²) in [7, 11) is 0. The van der Waals surface area contributed by atoms with Crippen LogP contribution in [0.5, 0.6) is 0 Å². The van der Waals surface area contributed by atoms with Crippen molar-refractivity contribution < 1.29 is 14.6 Å². The molecular weight excluding hydrogens is 271 g/mol. The molecule has 1 aliphatic heterocycles. The molecule has 0 spiro atoms. The molecule has 0 radical (unpaired) electrons. The number of aliphatic hydroxyl groups is 2. The smallest absolute Gasteiger partial charge is 0.141 e. The maximum Gasteiger partial charge on any atom is 0.141 e. The Balaban J connectivity index is 1.88. The zero-order valence-corrected chi connectivity index (χ0v) is 12.6. The molecule has 118 valence electrons. The van der Waals surface area contributed by atoms with E-state index in [1.807, 2.05) is 6.92 Å². The van der Waals surface area contributed by atoms with Gasteiger partial charge in [-0.05, 0) is 43.9 Å².